The SMILES string of the molecule is O=C(c1ccccc1F)N1CCC2(CC1)CC(Cc1ccccc1)=NO2. The summed E-state index contributed by atoms with van der Waals surface area (Å²) < 4.78 is 13.9. The van der Waals surface area contributed by atoms with Gasteiger partial charge < -0.3 is 9.74 Å². The van der Waals surface area contributed by atoms with Crippen molar-refractivity contribution in [3.05, 3.63) is 71.5 Å². The summed E-state index contributed by atoms with van der Waals surface area (Å²) in [6.45, 7) is 1.11. The van der Waals surface area contributed by atoms with Crippen LogP contribution in [0.4, 0.5) is 4.39 Å². The van der Waals surface area contributed by atoms with Crippen LogP contribution in [0.25, 0.3) is 0 Å². The van der Waals surface area contributed by atoms with Gasteiger partial charge in [-0.2, -0.15) is 0 Å². The van der Waals surface area contributed by atoms with Crippen molar-refractivity contribution in [2.75, 3.05) is 13.1 Å². The molecule has 2 heterocycles. The van der Waals surface area contributed by atoms with E-state index in [1.165, 1.54) is 17.7 Å². The lowest BCUT2D eigenvalue weighted by atomic mass is 9.85. The Morgan fingerprint density at radius 2 is 1.77 bits per heavy atom. The number of nitrogens with zero attached hydrogens (tertiary/aromatic N) is 2. The molecule has 0 aliphatic carbocycles. The van der Waals surface area contributed by atoms with Crippen LogP contribution in [0, 0.1) is 5.82 Å². The topological polar surface area (TPSA) is 41.9 Å². The molecule has 2 aromatic carbocycles. The van der Waals surface area contributed by atoms with Crippen molar-refractivity contribution < 1.29 is 14.0 Å². The molecule has 0 radical (unpaired) electrons. The van der Waals surface area contributed by atoms with Crippen LogP contribution in [0.3, 0.4) is 0 Å². The molecule has 2 aliphatic rings. The van der Waals surface area contributed by atoms with Gasteiger partial charge in [0.25, 0.3) is 5.91 Å². The first kappa shape index (κ1) is 16.8. The summed E-state index contributed by atoms with van der Waals surface area (Å²) in [7, 11) is 0. The second-order valence-corrected chi connectivity index (χ2v) is 7.04. The van der Waals surface area contributed by atoms with E-state index in [-0.39, 0.29) is 17.1 Å². The molecule has 4 rings (SSSR count). The van der Waals surface area contributed by atoms with Crippen LogP contribution in [0.1, 0.15) is 35.2 Å². The molecule has 1 spiro atoms. The first-order chi connectivity index (χ1) is 12.7. The molecule has 0 N–H and O–H groups in total. The Morgan fingerprint density at radius 1 is 1.08 bits per heavy atom. The van der Waals surface area contributed by atoms with Crippen LogP contribution in [-0.4, -0.2) is 35.2 Å². The highest BCUT2D eigenvalue weighted by atomic mass is 19.1. The molecule has 1 amide bonds. The highest BCUT2D eigenvalue weighted by Crippen LogP contribution is 2.35. The van der Waals surface area contributed by atoms with Gasteiger partial charge in [0.1, 0.15) is 11.4 Å². The van der Waals surface area contributed by atoms with Crippen LogP contribution in [0.15, 0.2) is 59.8 Å². The Balaban J connectivity index is 1.36. The zero-order valence-corrected chi connectivity index (χ0v) is 14.5. The van der Waals surface area contributed by atoms with Gasteiger partial charge in [0.2, 0.25) is 0 Å². The monoisotopic (exact) mass is 352 g/mol. The minimum Gasteiger partial charge on any atom is -0.389 e. The minimum atomic E-state index is -0.469. The maximum atomic E-state index is 13.9. The number of amides is 1. The highest BCUT2D eigenvalue weighted by molar-refractivity contribution is 5.94. The van der Waals surface area contributed by atoms with Crippen LogP contribution >= 0.6 is 0 Å². The van der Waals surface area contributed by atoms with Crippen molar-refractivity contribution >= 4 is 11.6 Å². The average molecular weight is 352 g/mol. The zero-order chi connectivity index (χ0) is 18.0. The van der Waals surface area contributed by atoms with E-state index in [0.29, 0.717) is 13.1 Å². The number of carbonyl (C=O) groups is 1. The number of benzene rings is 2. The van der Waals surface area contributed by atoms with Gasteiger partial charge in [0, 0.05) is 38.8 Å². The van der Waals surface area contributed by atoms with Crippen LogP contribution in [0.2, 0.25) is 0 Å². The van der Waals surface area contributed by atoms with E-state index in [4.69, 9.17) is 4.84 Å². The zero-order valence-electron chi connectivity index (χ0n) is 14.5. The van der Waals surface area contributed by atoms with Crippen LogP contribution in [-0.2, 0) is 11.3 Å². The summed E-state index contributed by atoms with van der Waals surface area (Å²) in [6.07, 6.45) is 3.02. The van der Waals surface area contributed by atoms with E-state index >= 15 is 0 Å². The van der Waals surface area contributed by atoms with Gasteiger partial charge >= 0.3 is 0 Å². The normalized spacial score (nSPS) is 18.5. The van der Waals surface area contributed by atoms with Gasteiger partial charge in [0.15, 0.2) is 0 Å². The Labute approximate surface area is 152 Å². The van der Waals surface area contributed by atoms with Gasteiger partial charge in [0.05, 0.1) is 11.3 Å². The summed E-state index contributed by atoms with van der Waals surface area (Å²) in [4.78, 5) is 20.1. The molecule has 134 valence electrons. The van der Waals surface area contributed by atoms with Gasteiger partial charge in [-0.3, -0.25) is 4.79 Å². The lowest BCUT2D eigenvalue weighted by Crippen LogP contribution is -2.47. The molecule has 1 fully saturated rings. The lowest BCUT2D eigenvalue weighted by Gasteiger charge is -2.37. The molecule has 4 nitrogen and oxygen atoms in total. The molecule has 0 aromatic heterocycles. The number of hydrogen-bond acceptors (Lipinski definition) is 3. The molecule has 0 unspecified atom stereocenters. The van der Waals surface area contributed by atoms with Crippen molar-refractivity contribution in [3.63, 3.8) is 0 Å². The molecule has 0 atom stereocenters. The average Bonchev–Trinajstić information content (AvgIpc) is 3.05. The lowest BCUT2D eigenvalue weighted by molar-refractivity contribution is -0.0568. The van der Waals surface area contributed by atoms with E-state index in [1.807, 2.05) is 18.2 Å². The smallest absolute Gasteiger partial charge is 0.256 e. The van der Waals surface area contributed by atoms with E-state index < -0.39 is 5.82 Å². The number of carbonyl (C=O) groups excluding carboxylic acids is 1. The molecule has 2 aromatic rings. The van der Waals surface area contributed by atoms with Gasteiger partial charge in [-0.1, -0.05) is 47.6 Å². The molecule has 0 saturated carbocycles. The second kappa shape index (κ2) is 6.90. The van der Waals surface area contributed by atoms with E-state index in [1.54, 1.807) is 17.0 Å². The summed E-state index contributed by atoms with van der Waals surface area (Å²) in [5.41, 5.74) is 2.09. The summed E-state index contributed by atoms with van der Waals surface area (Å²) in [6, 6.07) is 16.4. The Bertz CT molecular complexity index is 827. The minimum absolute atomic E-state index is 0.136. The fraction of sp³-hybridized carbons (Fsp3) is 0.333. The Kier molecular flexibility index (Phi) is 4.45. The first-order valence-corrected chi connectivity index (χ1v) is 8.97. The predicted molar refractivity (Wildman–Crippen MR) is 97.6 cm³/mol. The molecule has 0 bridgehead atoms. The number of hydrogen-bond donors (Lipinski definition) is 0. The van der Waals surface area contributed by atoms with Crippen molar-refractivity contribution in [1.29, 1.82) is 0 Å². The van der Waals surface area contributed by atoms with E-state index in [9.17, 15) is 9.18 Å². The third-order valence-corrected chi connectivity index (χ3v) is 5.21. The van der Waals surface area contributed by atoms with Gasteiger partial charge in [-0.15, -0.1) is 0 Å². The molecule has 26 heavy (non-hydrogen) atoms. The van der Waals surface area contributed by atoms with Crippen molar-refractivity contribution in [1.82, 2.24) is 4.90 Å². The number of likely N-dealkylation sites (tertiary alicyclic amines) is 1. The fourth-order valence-corrected chi connectivity index (χ4v) is 3.71. The van der Waals surface area contributed by atoms with Gasteiger partial charge in [-0.05, 0) is 17.7 Å². The van der Waals surface area contributed by atoms with Crippen LogP contribution in [0.5, 0.6) is 0 Å². The number of rotatable bonds is 3. The molecular weight excluding hydrogens is 331 g/mol. The first-order valence-electron chi connectivity index (χ1n) is 8.97. The van der Waals surface area contributed by atoms with E-state index in [0.717, 1.165) is 31.4 Å². The van der Waals surface area contributed by atoms with Crippen molar-refractivity contribution in [2.24, 2.45) is 5.16 Å². The summed E-state index contributed by atoms with van der Waals surface area (Å²) in [5, 5.41) is 4.30. The standard InChI is InChI=1S/C21H21FN2O2/c22-19-9-5-4-8-18(19)20(25)24-12-10-21(11-13-24)15-17(23-26-21)14-16-6-2-1-3-7-16/h1-9H,10-15H2. The predicted octanol–water partition coefficient (Wildman–Crippen LogP) is 3.82. The third kappa shape index (κ3) is 3.34. The number of piperidine rings is 1. The van der Waals surface area contributed by atoms with E-state index in [2.05, 4.69) is 17.3 Å². The molecule has 5 heteroatoms. The number of halogens is 1. The van der Waals surface area contributed by atoms with Crippen molar-refractivity contribution in [3.8, 4) is 0 Å². The summed E-state index contributed by atoms with van der Waals surface area (Å²) >= 11 is 0. The Hall–Kier alpha value is -2.69. The largest absolute Gasteiger partial charge is 0.389 e. The second-order valence-electron chi connectivity index (χ2n) is 7.04. The fourth-order valence-electron chi connectivity index (χ4n) is 3.71. The highest BCUT2D eigenvalue weighted by Gasteiger charge is 2.42. The van der Waals surface area contributed by atoms with Gasteiger partial charge in [-0.25, -0.2) is 4.39 Å². The molecule has 2 aliphatic heterocycles. The Morgan fingerprint density at radius 3 is 2.50 bits per heavy atom. The molecule has 1 saturated heterocycles. The number of oxime groups is 1. The summed E-state index contributed by atoms with van der Waals surface area (Å²) in [5.74, 6) is -0.718. The van der Waals surface area contributed by atoms with Crippen LogP contribution < -0.4 is 0 Å². The molecular formula is C21H21FN2O2. The van der Waals surface area contributed by atoms with Crippen molar-refractivity contribution in [2.45, 2.75) is 31.3 Å². The quantitative estimate of drug-likeness (QED) is 0.843. The maximum absolute atomic E-state index is 13.9. The third-order valence-electron chi connectivity index (χ3n) is 5.21. The maximum Gasteiger partial charge on any atom is 0.256 e.